The Morgan fingerprint density at radius 2 is 2.13 bits per heavy atom. The van der Waals surface area contributed by atoms with Crippen molar-refractivity contribution in [2.24, 2.45) is 0 Å². The van der Waals surface area contributed by atoms with Gasteiger partial charge in [0.2, 0.25) is 0 Å². The Balaban J connectivity index is 2.05. The topological polar surface area (TPSA) is 96.1 Å². The zero-order valence-corrected chi connectivity index (χ0v) is 12.4. The van der Waals surface area contributed by atoms with Gasteiger partial charge in [0.15, 0.2) is 0 Å². The van der Waals surface area contributed by atoms with Gasteiger partial charge in [-0.05, 0) is 48.4 Å². The van der Waals surface area contributed by atoms with Gasteiger partial charge < -0.3 is 15.3 Å². The lowest BCUT2D eigenvalue weighted by atomic mass is 9.98. The average Bonchev–Trinajstić information content (AvgIpc) is 3.09. The van der Waals surface area contributed by atoms with Gasteiger partial charge in [-0.1, -0.05) is 0 Å². The molecule has 0 saturated heterocycles. The van der Waals surface area contributed by atoms with E-state index in [0.717, 1.165) is 28.1 Å². The molecule has 1 aliphatic rings. The summed E-state index contributed by atoms with van der Waals surface area (Å²) in [5.41, 5.74) is 10.6. The number of rotatable bonds is 1. The Morgan fingerprint density at radius 3 is 2.83 bits per heavy atom. The molecule has 0 saturated carbocycles. The summed E-state index contributed by atoms with van der Waals surface area (Å²) >= 11 is 0. The third-order valence-electron chi connectivity index (χ3n) is 4.14. The van der Waals surface area contributed by atoms with Gasteiger partial charge in [-0.2, -0.15) is 5.26 Å². The summed E-state index contributed by atoms with van der Waals surface area (Å²) in [6, 6.07) is 11.0. The molecule has 1 aromatic carbocycles. The van der Waals surface area contributed by atoms with Crippen molar-refractivity contribution in [2.45, 2.75) is 13.3 Å². The fraction of sp³-hybridized carbons (Fsp3) is 0.111. The molecule has 5 nitrogen and oxygen atoms in total. The quantitative estimate of drug-likeness (QED) is 0.562. The molecule has 3 aromatic rings. The summed E-state index contributed by atoms with van der Waals surface area (Å²) in [5.74, 6) is 1.78. The molecule has 112 valence electrons. The van der Waals surface area contributed by atoms with Crippen LogP contribution in [0.1, 0.15) is 22.5 Å². The van der Waals surface area contributed by atoms with Crippen LogP contribution in [0.15, 0.2) is 34.7 Å². The first kappa shape index (κ1) is 13.4. The number of aromatic hydroxyl groups is 1. The van der Waals surface area contributed by atoms with E-state index in [1.165, 1.54) is 0 Å². The predicted molar refractivity (Wildman–Crippen MR) is 85.7 cm³/mol. The summed E-state index contributed by atoms with van der Waals surface area (Å²) in [4.78, 5) is 4.42. The Morgan fingerprint density at radius 1 is 1.30 bits per heavy atom. The van der Waals surface area contributed by atoms with Crippen molar-refractivity contribution in [3.05, 3.63) is 52.8 Å². The van der Waals surface area contributed by atoms with Crippen molar-refractivity contribution >= 4 is 5.82 Å². The highest BCUT2D eigenvalue weighted by Gasteiger charge is 2.28. The minimum absolute atomic E-state index is 0.191. The predicted octanol–water partition coefficient (Wildman–Crippen LogP) is 3.38. The SMILES string of the molecule is Cc1ccc(-c2c(C#N)c(N)nc3c2Cc2cc(O)ccc2-3)o1. The number of phenolic OH excluding ortho intramolecular Hbond substituents is 1. The summed E-state index contributed by atoms with van der Waals surface area (Å²) in [5, 5.41) is 19.2. The molecule has 0 fully saturated rings. The van der Waals surface area contributed by atoms with Crippen LogP contribution in [-0.2, 0) is 6.42 Å². The third-order valence-corrected chi connectivity index (χ3v) is 4.14. The highest BCUT2D eigenvalue weighted by molar-refractivity contribution is 5.87. The second-order valence-electron chi connectivity index (χ2n) is 5.61. The fourth-order valence-corrected chi connectivity index (χ4v) is 3.14. The number of hydrogen-bond acceptors (Lipinski definition) is 5. The number of aryl methyl sites for hydroxylation is 1. The first-order chi connectivity index (χ1) is 11.1. The van der Waals surface area contributed by atoms with E-state index in [1.807, 2.05) is 25.1 Å². The Bertz CT molecular complexity index is 996. The van der Waals surface area contributed by atoms with Gasteiger partial charge in [-0.15, -0.1) is 0 Å². The number of nitrogens with two attached hydrogens (primary N) is 1. The summed E-state index contributed by atoms with van der Waals surface area (Å²) in [7, 11) is 0. The molecular weight excluding hydrogens is 290 g/mol. The highest BCUT2D eigenvalue weighted by Crippen LogP contribution is 2.44. The van der Waals surface area contributed by atoms with E-state index in [-0.39, 0.29) is 11.6 Å². The number of nitrogen functional groups attached to an aromatic ring is 1. The van der Waals surface area contributed by atoms with Crippen LogP contribution in [0.2, 0.25) is 0 Å². The molecule has 2 heterocycles. The van der Waals surface area contributed by atoms with Crippen molar-refractivity contribution < 1.29 is 9.52 Å². The van der Waals surface area contributed by atoms with E-state index in [4.69, 9.17) is 10.2 Å². The van der Waals surface area contributed by atoms with E-state index in [9.17, 15) is 10.4 Å². The molecular formula is C18H13N3O2. The smallest absolute Gasteiger partial charge is 0.142 e. The first-order valence-electron chi connectivity index (χ1n) is 7.20. The van der Waals surface area contributed by atoms with Gasteiger partial charge in [0.05, 0.1) is 5.69 Å². The number of anilines is 1. The van der Waals surface area contributed by atoms with E-state index in [1.54, 1.807) is 12.1 Å². The summed E-state index contributed by atoms with van der Waals surface area (Å²) in [6.45, 7) is 1.85. The lowest BCUT2D eigenvalue weighted by Crippen LogP contribution is -2.02. The van der Waals surface area contributed by atoms with Crippen molar-refractivity contribution in [1.82, 2.24) is 4.98 Å². The van der Waals surface area contributed by atoms with Gasteiger partial charge >= 0.3 is 0 Å². The molecule has 0 radical (unpaired) electrons. The number of nitrogens with zero attached hydrogens (tertiary/aromatic N) is 2. The van der Waals surface area contributed by atoms with Crippen LogP contribution in [0.4, 0.5) is 5.82 Å². The van der Waals surface area contributed by atoms with Gasteiger partial charge in [-0.3, -0.25) is 0 Å². The average molecular weight is 303 g/mol. The molecule has 1 aliphatic carbocycles. The number of hydrogen-bond donors (Lipinski definition) is 2. The van der Waals surface area contributed by atoms with Crippen LogP contribution in [0.3, 0.4) is 0 Å². The van der Waals surface area contributed by atoms with Crippen LogP contribution >= 0.6 is 0 Å². The lowest BCUT2D eigenvalue weighted by Gasteiger charge is -2.10. The van der Waals surface area contributed by atoms with Crippen LogP contribution in [-0.4, -0.2) is 10.1 Å². The molecule has 3 N–H and O–H groups in total. The molecule has 4 rings (SSSR count). The van der Waals surface area contributed by atoms with E-state index < -0.39 is 0 Å². The number of nitriles is 1. The summed E-state index contributed by atoms with van der Waals surface area (Å²) < 4.78 is 5.73. The van der Waals surface area contributed by atoms with Crippen molar-refractivity contribution in [3.8, 4) is 34.4 Å². The van der Waals surface area contributed by atoms with Crippen LogP contribution in [0, 0.1) is 18.3 Å². The monoisotopic (exact) mass is 303 g/mol. The molecule has 0 aliphatic heterocycles. The molecule has 23 heavy (non-hydrogen) atoms. The van der Waals surface area contributed by atoms with E-state index in [0.29, 0.717) is 23.3 Å². The molecule has 0 bridgehead atoms. The van der Waals surface area contributed by atoms with Gasteiger partial charge in [0.25, 0.3) is 0 Å². The maximum atomic E-state index is 9.70. The molecule has 5 heteroatoms. The van der Waals surface area contributed by atoms with Crippen molar-refractivity contribution in [2.75, 3.05) is 5.73 Å². The van der Waals surface area contributed by atoms with Crippen molar-refractivity contribution in [1.29, 1.82) is 5.26 Å². The highest BCUT2D eigenvalue weighted by atomic mass is 16.3. The molecule has 0 atom stereocenters. The number of aromatic nitrogens is 1. The van der Waals surface area contributed by atoms with E-state index in [2.05, 4.69) is 11.1 Å². The number of benzene rings is 1. The maximum Gasteiger partial charge on any atom is 0.142 e. The molecule has 0 spiro atoms. The zero-order chi connectivity index (χ0) is 16.1. The van der Waals surface area contributed by atoms with Gasteiger partial charge in [0.1, 0.15) is 34.7 Å². The van der Waals surface area contributed by atoms with Crippen LogP contribution in [0.25, 0.3) is 22.6 Å². The minimum atomic E-state index is 0.191. The summed E-state index contributed by atoms with van der Waals surface area (Å²) in [6.07, 6.45) is 0.579. The lowest BCUT2D eigenvalue weighted by molar-refractivity contribution is 0.475. The Labute approximate surface area is 132 Å². The Kier molecular flexibility index (Phi) is 2.69. The number of phenols is 1. The number of fused-ring (bicyclic) bond motifs is 3. The van der Waals surface area contributed by atoms with Crippen LogP contribution < -0.4 is 5.73 Å². The maximum absolute atomic E-state index is 9.70. The second kappa shape index (κ2) is 4.62. The second-order valence-corrected chi connectivity index (χ2v) is 5.61. The Hall–Kier alpha value is -3.26. The largest absolute Gasteiger partial charge is 0.508 e. The van der Waals surface area contributed by atoms with Gasteiger partial charge in [-0.25, -0.2) is 4.98 Å². The van der Waals surface area contributed by atoms with Crippen LogP contribution in [0.5, 0.6) is 5.75 Å². The number of furan rings is 1. The third kappa shape index (κ3) is 1.89. The zero-order valence-electron chi connectivity index (χ0n) is 12.4. The fourth-order valence-electron chi connectivity index (χ4n) is 3.14. The standard InChI is InChI=1S/C18H13N3O2/c1-9-2-5-15(23-9)16-13-7-10-6-11(22)3-4-12(10)17(13)21-18(20)14(16)8-19/h2-6,22H,7H2,1H3,(H2,20,21). The van der Waals surface area contributed by atoms with E-state index >= 15 is 0 Å². The molecule has 0 unspecified atom stereocenters. The van der Waals surface area contributed by atoms with Gasteiger partial charge in [0, 0.05) is 17.5 Å². The normalized spacial score (nSPS) is 11.8. The van der Waals surface area contributed by atoms with Crippen molar-refractivity contribution in [3.63, 3.8) is 0 Å². The molecule has 2 aromatic heterocycles. The number of pyridine rings is 1. The minimum Gasteiger partial charge on any atom is -0.508 e. The molecule has 0 amide bonds. The first-order valence-corrected chi connectivity index (χ1v) is 7.20.